The van der Waals surface area contributed by atoms with Crippen LogP contribution in [0.1, 0.15) is 29.9 Å². The van der Waals surface area contributed by atoms with Crippen LogP contribution in [0.4, 0.5) is 0 Å². The molecule has 0 aliphatic carbocycles. The third kappa shape index (κ3) is 3.47. The van der Waals surface area contributed by atoms with Crippen molar-refractivity contribution < 1.29 is 9.32 Å². The molecule has 2 N–H and O–H groups in total. The molecule has 0 atom stereocenters. The van der Waals surface area contributed by atoms with Crippen LogP contribution >= 0.6 is 12.4 Å². The molecule has 1 amide bonds. The third-order valence-electron chi connectivity index (χ3n) is 4.64. The maximum atomic E-state index is 12.9. The minimum atomic E-state index is -0.590. The van der Waals surface area contributed by atoms with E-state index in [-0.39, 0.29) is 18.3 Å². The highest BCUT2D eigenvalue weighted by Crippen LogP contribution is 2.27. The molecule has 3 heterocycles. The van der Waals surface area contributed by atoms with E-state index in [1.54, 1.807) is 10.9 Å². The van der Waals surface area contributed by atoms with Crippen molar-refractivity contribution in [3.05, 3.63) is 35.5 Å². The summed E-state index contributed by atoms with van der Waals surface area (Å²) in [5.74, 6) is 0.856. The van der Waals surface area contributed by atoms with E-state index in [0.717, 1.165) is 49.4 Å². The zero-order valence-corrected chi connectivity index (χ0v) is 14.9. The lowest BCUT2D eigenvalue weighted by Gasteiger charge is -2.36. The fourth-order valence-electron chi connectivity index (χ4n) is 3.25. The Kier molecular flexibility index (Phi) is 6.01. The molecule has 1 fully saturated rings. The Morgan fingerprint density at radius 2 is 2.17 bits per heavy atom. The molecule has 0 radical (unpaired) electrons. The van der Waals surface area contributed by atoms with Gasteiger partial charge in [-0.1, -0.05) is 5.16 Å². The molecular formula is C16H24ClN5O2. The summed E-state index contributed by atoms with van der Waals surface area (Å²) in [6, 6.07) is 1.86. The molecular weight excluding hydrogens is 330 g/mol. The van der Waals surface area contributed by atoms with Crippen LogP contribution in [-0.2, 0) is 16.8 Å². The van der Waals surface area contributed by atoms with Crippen molar-refractivity contribution in [3.63, 3.8) is 0 Å². The van der Waals surface area contributed by atoms with E-state index in [2.05, 4.69) is 20.9 Å². The number of rotatable bonds is 5. The van der Waals surface area contributed by atoms with Crippen molar-refractivity contribution in [1.82, 2.24) is 25.6 Å². The number of piperidine rings is 1. The topological polar surface area (TPSA) is 85.0 Å². The first kappa shape index (κ1) is 18.5. The molecule has 2 aromatic heterocycles. The molecule has 7 nitrogen and oxygen atoms in total. The van der Waals surface area contributed by atoms with Crippen molar-refractivity contribution >= 4 is 18.3 Å². The average molecular weight is 354 g/mol. The minimum absolute atomic E-state index is 0. The molecule has 0 saturated carbocycles. The van der Waals surface area contributed by atoms with Gasteiger partial charge in [0, 0.05) is 24.5 Å². The van der Waals surface area contributed by atoms with Crippen LogP contribution in [0.2, 0.25) is 0 Å². The summed E-state index contributed by atoms with van der Waals surface area (Å²) in [5.41, 5.74) is 1.37. The van der Waals surface area contributed by atoms with E-state index in [1.165, 1.54) is 0 Å². The van der Waals surface area contributed by atoms with Crippen molar-refractivity contribution in [2.45, 2.75) is 38.6 Å². The fourth-order valence-corrected chi connectivity index (χ4v) is 3.25. The van der Waals surface area contributed by atoms with Gasteiger partial charge >= 0.3 is 0 Å². The standard InChI is InChI=1S/C16H23N5O2.ClH/c1-12-14(13(2)23-20-12)4-8-18-15(22)16(5-9-17-10-6-16)21-11-3-7-19-21;/h3,7,11,17H,4-6,8-10H2,1-2H3,(H,18,22);1H. The van der Waals surface area contributed by atoms with Crippen molar-refractivity contribution in [2.75, 3.05) is 19.6 Å². The van der Waals surface area contributed by atoms with Crippen LogP contribution in [0.15, 0.2) is 23.0 Å². The Morgan fingerprint density at radius 1 is 1.42 bits per heavy atom. The van der Waals surface area contributed by atoms with E-state index < -0.39 is 5.54 Å². The first-order valence-electron chi connectivity index (χ1n) is 8.04. The van der Waals surface area contributed by atoms with Gasteiger partial charge in [0.15, 0.2) is 0 Å². The maximum absolute atomic E-state index is 12.9. The van der Waals surface area contributed by atoms with Gasteiger partial charge in [0.05, 0.1) is 5.69 Å². The highest BCUT2D eigenvalue weighted by molar-refractivity contribution is 5.85. The molecule has 8 heteroatoms. The number of hydrogen-bond acceptors (Lipinski definition) is 5. The summed E-state index contributed by atoms with van der Waals surface area (Å²) in [6.45, 7) is 6.02. The number of hydrogen-bond donors (Lipinski definition) is 2. The minimum Gasteiger partial charge on any atom is -0.361 e. The van der Waals surface area contributed by atoms with E-state index in [0.29, 0.717) is 6.54 Å². The van der Waals surface area contributed by atoms with Gasteiger partial charge in [-0.3, -0.25) is 9.48 Å². The summed E-state index contributed by atoms with van der Waals surface area (Å²) in [6.07, 6.45) is 5.80. The number of carbonyl (C=O) groups is 1. The highest BCUT2D eigenvalue weighted by atomic mass is 35.5. The lowest BCUT2D eigenvalue weighted by molar-refractivity contribution is -0.131. The van der Waals surface area contributed by atoms with Crippen LogP contribution in [-0.4, -0.2) is 40.5 Å². The van der Waals surface area contributed by atoms with Gasteiger partial charge in [-0.15, -0.1) is 12.4 Å². The molecule has 0 bridgehead atoms. The van der Waals surface area contributed by atoms with Crippen molar-refractivity contribution in [2.24, 2.45) is 0 Å². The van der Waals surface area contributed by atoms with Crippen LogP contribution < -0.4 is 10.6 Å². The Labute approximate surface area is 147 Å². The fraction of sp³-hybridized carbons (Fsp3) is 0.562. The van der Waals surface area contributed by atoms with E-state index in [9.17, 15) is 4.79 Å². The largest absolute Gasteiger partial charge is 0.361 e. The zero-order valence-electron chi connectivity index (χ0n) is 14.0. The average Bonchev–Trinajstić information content (AvgIpc) is 3.21. The Balaban J connectivity index is 0.00000208. The summed E-state index contributed by atoms with van der Waals surface area (Å²) in [5, 5.41) is 14.7. The van der Waals surface area contributed by atoms with E-state index in [1.807, 2.05) is 26.1 Å². The molecule has 3 rings (SSSR count). The van der Waals surface area contributed by atoms with Gasteiger partial charge in [0.1, 0.15) is 11.3 Å². The molecule has 132 valence electrons. The number of carbonyl (C=O) groups excluding carboxylic acids is 1. The number of aryl methyl sites for hydroxylation is 2. The molecule has 0 spiro atoms. The van der Waals surface area contributed by atoms with E-state index >= 15 is 0 Å². The Morgan fingerprint density at radius 3 is 2.75 bits per heavy atom. The number of amides is 1. The van der Waals surface area contributed by atoms with Crippen LogP contribution in [0.25, 0.3) is 0 Å². The number of halogens is 1. The SMILES string of the molecule is Cc1noc(C)c1CCNC(=O)C1(n2cccn2)CCNCC1.Cl. The number of aromatic nitrogens is 3. The van der Waals surface area contributed by atoms with Gasteiger partial charge in [-0.2, -0.15) is 5.10 Å². The van der Waals surface area contributed by atoms with Gasteiger partial charge in [0.25, 0.3) is 0 Å². The molecule has 0 aromatic carbocycles. The summed E-state index contributed by atoms with van der Waals surface area (Å²) in [7, 11) is 0. The van der Waals surface area contributed by atoms with Gasteiger partial charge in [-0.25, -0.2) is 0 Å². The molecule has 0 unspecified atom stereocenters. The lowest BCUT2D eigenvalue weighted by Crippen LogP contribution is -2.54. The second kappa shape index (κ2) is 7.81. The first-order chi connectivity index (χ1) is 11.1. The maximum Gasteiger partial charge on any atom is 0.248 e. The summed E-state index contributed by atoms with van der Waals surface area (Å²) in [4.78, 5) is 12.9. The molecule has 2 aromatic rings. The number of nitrogens with zero attached hydrogens (tertiary/aromatic N) is 3. The molecule has 1 aliphatic heterocycles. The van der Waals surface area contributed by atoms with Crippen LogP contribution in [0, 0.1) is 13.8 Å². The highest BCUT2D eigenvalue weighted by Gasteiger charge is 2.41. The third-order valence-corrected chi connectivity index (χ3v) is 4.64. The van der Waals surface area contributed by atoms with Crippen LogP contribution in [0.5, 0.6) is 0 Å². The molecule has 1 saturated heterocycles. The summed E-state index contributed by atoms with van der Waals surface area (Å²) >= 11 is 0. The van der Waals surface area contributed by atoms with Crippen molar-refractivity contribution in [3.8, 4) is 0 Å². The van der Waals surface area contributed by atoms with Crippen molar-refractivity contribution in [1.29, 1.82) is 0 Å². The summed E-state index contributed by atoms with van der Waals surface area (Å²) < 4.78 is 6.97. The van der Waals surface area contributed by atoms with Gasteiger partial charge < -0.3 is 15.2 Å². The second-order valence-electron chi connectivity index (χ2n) is 6.04. The second-order valence-corrected chi connectivity index (χ2v) is 6.04. The zero-order chi connectivity index (χ0) is 16.3. The van der Waals surface area contributed by atoms with Crippen LogP contribution in [0.3, 0.4) is 0 Å². The van der Waals surface area contributed by atoms with Gasteiger partial charge in [-0.05, 0) is 52.3 Å². The Hall–Kier alpha value is -1.86. The smallest absolute Gasteiger partial charge is 0.248 e. The monoisotopic (exact) mass is 353 g/mol. The predicted molar refractivity (Wildman–Crippen MR) is 92.2 cm³/mol. The molecule has 24 heavy (non-hydrogen) atoms. The Bertz CT molecular complexity index is 643. The molecule has 1 aliphatic rings. The first-order valence-corrected chi connectivity index (χ1v) is 8.04. The van der Waals surface area contributed by atoms with E-state index in [4.69, 9.17) is 4.52 Å². The predicted octanol–water partition coefficient (Wildman–Crippen LogP) is 1.35. The quantitative estimate of drug-likeness (QED) is 0.847. The number of nitrogens with one attached hydrogen (secondary N) is 2. The van der Waals surface area contributed by atoms with Gasteiger partial charge in [0.2, 0.25) is 5.91 Å². The lowest BCUT2D eigenvalue weighted by atomic mass is 9.87. The normalized spacial score (nSPS) is 16.4.